The first kappa shape index (κ1) is 12.9. The molecule has 3 rings (SSSR count). The number of hydrogen-bond donors (Lipinski definition) is 2. The normalized spacial score (nSPS) is 17.8. The molecule has 0 radical (unpaired) electrons. The van der Waals surface area contributed by atoms with Gasteiger partial charge in [0.15, 0.2) is 0 Å². The van der Waals surface area contributed by atoms with Crippen molar-refractivity contribution in [2.24, 2.45) is 5.84 Å². The number of aromatic nitrogens is 2. The number of nitrogens with one attached hydrogen (secondary N) is 1. The molecule has 0 spiro atoms. The van der Waals surface area contributed by atoms with Gasteiger partial charge in [-0.15, -0.1) is 0 Å². The Morgan fingerprint density at radius 3 is 2.95 bits per heavy atom. The molecule has 2 heterocycles. The van der Waals surface area contributed by atoms with Gasteiger partial charge in [-0.25, -0.2) is 10.8 Å². The fourth-order valence-electron chi connectivity index (χ4n) is 2.74. The van der Waals surface area contributed by atoms with Crippen molar-refractivity contribution in [1.29, 1.82) is 0 Å². The fraction of sp³-hybridized carbons (Fsp3) is 0.333. The number of hydrazine groups is 1. The number of para-hydroxylation sites is 1. The lowest BCUT2D eigenvalue weighted by molar-refractivity contribution is 0.645. The van der Waals surface area contributed by atoms with Crippen LogP contribution in [0.2, 0.25) is 0 Å². The molecule has 104 valence electrons. The number of fused-ring (bicyclic) bond motifs is 1. The average Bonchev–Trinajstić information content (AvgIpc) is 2.49. The maximum absolute atomic E-state index is 5.42. The topological polar surface area (TPSA) is 67.1 Å². The zero-order chi connectivity index (χ0) is 14.1. The lowest BCUT2D eigenvalue weighted by Crippen LogP contribution is -2.28. The van der Waals surface area contributed by atoms with Crippen molar-refractivity contribution < 1.29 is 0 Å². The molecule has 3 N–H and O–H groups in total. The monoisotopic (exact) mass is 269 g/mol. The zero-order valence-electron chi connectivity index (χ0n) is 11.8. The largest absolute Gasteiger partial charge is 0.326 e. The second kappa shape index (κ2) is 5.09. The molecule has 0 fully saturated rings. The minimum atomic E-state index is 0.446. The van der Waals surface area contributed by atoms with Gasteiger partial charge in [-0.2, -0.15) is 4.98 Å². The molecule has 0 saturated heterocycles. The maximum atomic E-state index is 5.42. The lowest BCUT2D eigenvalue weighted by Gasteiger charge is -2.34. The number of hydrogen-bond acceptors (Lipinski definition) is 5. The van der Waals surface area contributed by atoms with Gasteiger partial charge in [-0.05, 0) is 30.9 Å². The first-order valence-corrected chi connectivity index (χ1v) is 6.87. The Morgan fingerprint density at radius 2 is 2.15 bits per heavy atom. The van der Waals surface area contributed by atoms with E-state index in [4.69, 9.17) is 5.84 Å². The minimum absolute atomic E-state index is 0.446. The minimum Gasteiger partial charge on any atom is -0.326 e. The molecule has 1 aliphatic heterocycles. The Bertz CT molecular complexity index is 625. The van der Waals surface area contributed by atoms with Gasteiger partial charge >= 0.3 is 0 Å². The summed E-state index contributed by atoms with van der Waals surface area (Å²) in [6.07, 6.45) is 2.92. The molecule has 0 saturated carbocycles. The summed E-state index contributed by atoms with van der Waals surface area (Å²) in [6, 6.07) is 8.52. The van der Waals surface area contributed by atoms with Gasteiger partial charge in [-0.1, -0.05) is 25.1 Å². The predicted octanol–water partition coefficient (Wildman–Crippen LogP) is 2.72. The third kappa shape index (κ3) is 2.10. The summed E-state index contributed by atoms with van der Waals surface area (Å²) in [6.45, 7) is 5.26. The van der Waals surface area contributed by atoms with Crippen LogP contribution >= 0.6 is 0 Å². The van der Waals surface area contributed by atoms with Gasteiger partial charge in [0.1, 0.15) is 5.82 Å². The van der Waals surface area contributed by atoms with Crippen LogP contribution in [0, 0.1) is 6.92 Å². The first-order chi connectivity index (χ1) is 9.70. The molecule has 1 atom stereocenters. The summed E-state index contributed by atoms with van der Waals surface area (Å²) in [5, 5.41) is 0. The van der Waals surface area contributed by atoms with Crippen LogP contribution in [0.5, 0.6) is 0 Å². The number of anilines is 3. The van der Waals surface area contributed by atoms with E-state index in [9.17, 15) is 0 Å². The van der Waals surface area contributed by atoms with Crippen LogP contribution in [0.1, 0.15) is 30.4 Å². The van der Waals surface area contributed by atoms with E-state index in [0.29, 0.717) is 11.9 Å². The fourth-order valence-corrected chi connectivity index (χ4v) is 2.74. The number of aryl methyl sites for hydroxylation is 1. The van der Waals surface area contributed by atoms with Crippen LogP contribution in [-0.4, -0.2) is 16.5 Å². The molecule has 5 heteroatoms. The van der Waals surface area contributed by atoms with Gasteiger partial charge in [0, 0.05) is 24.0 Å². The van der Waals surface area contributed by atoms with Crippen molar-refractivity contribution in [3.05, 3.63) is 41.6 Å². The molecule has 0 bridgehead atoms. The average molecular weight is 269 g/mol. The van der Waals surface area contributed by atoms with Crippen molar-refractivity contribution in [3.8, 4) is 0 Å². The Balaban J connectivity index is 2.10. The Labute approximate surface area is 118 Å². The highest BCUT2D eigenvalue weighted by Crippen LogP contribution is 2.39. The van der Waals surface area contributed by atoms with Crippen molar-refractivity contribution in [1.82, 2.24) is 9.97 Å². The summed E-state index contributed by atoms with van der Waals surface area (Å²) in [5.41, 5.74) is 6.17. The van der Waals surface area contributed by atoms with E-state index >= 15 is 0 Å². The highest BCUT2D eigenvalue weighted by molar-refractivity contribution is 5.68. The molecule has 2 aromatic rings. The van der Waals surface area contributed by atoms with E-state index in [1.165, 1.54) is 11.3 Å². The van der Waals surface area contributed by atoms with E-state index in [-0.39, 0.29) is 0 Å². The highest BCUT2D eigenvalue weighted by atomic mass is 15.3. The van der Waals surface area contributed by atoms with Crippen molar-refractivity contribution >= 4 is 17.5 Å². The molecule has 1 unspecified atom stereocenters. The zero-order valence-corrected chi connectivity index (χ0v) is 11.8. The van der Waals surface area contributed by atoms with Crippen LogP contribution < -0.4 is 16.2 Å². The van der Waals surface area contributed by atoms with Crippen LogP contribution in [0.3, 0.4) is 0 Å². The number of nitrogens with two attached hydrogens (primary N) is 1. The second-order valence-corrected chi connectivity index (χ2v) is 5.24. The summed E-state index contributed by atoms with van der Waals surface area (Å²) < 4.78 is 0. The van der Waals surface area contributed by atoms with E-state index in [1.807, 2.05) is 6.92 Å². The number of rotatable bonds is 2. The molecular formula is C15H19N5. The SMILES string of the molecule is Cc1cnc(NN)nc1N1CCC(C)c2ccccc21. The van der Waals surface area contributed by atoms with E-state index in [2.05, 4.69) is 51.5 Å². The van der Waals surface area contributed by atoms with E-state index in [0.717, 1.165) is 24.3 Å². The predicted molar refractivity (Wildman–Crippen MR) is 81.1 cm³/mol. The molecule has 0 aliphatic carbocycles. The second-order valence-electron chi connectivity index (χ2n) is 5.24. The van der Waals surface area contributed by atoms with Gasteiger partial charge in [0.05, 0.1) is 0 Å². The summed E-state index contributed by atoms with van der Waals surface area (Å²) in [4.78, 5) is 10.9. The number of nitrogens with zero attached hydrogens (tertiary/aromatic N) is 3. The molecular weight excluding hydrogens is 250 g/mol. The third-order valence-corrected chi connectivity index (χ3v) is 3.87. The van der Waals surface area contributed by atoms with Gasteiger partial charge in [0.2, 0.25) is 5.95 Å². The molecule has 20 heavy (non-hydrogen) atoms. The van der Waals surface area contributed by atoms with Gasteiger partial charge < -0.3 is 4.90 Å². The maximum Gasteiger partial charge on any atom is 0.239 e. The van der Waals surface area contributed by atoms with Crippen molar-refractivity contribution in [3.63, 3.8) is 0 Å². The number of nitrogen functional groups attached to an aromatic ring is 1. The van der Waals surface area contributed by atoms with E-state index in [1.54, 1.807) is 6.20 Å². The quantitative estimate of drug-likeness (QED) is 0.648. The molecule has 1 aromatic carbocycles. The summed E-state index contributed by atoms with van der Waals surface area (Å²) in [5.74, 6) is 7.37. The highest BCUT2D eigenvalue weighted by Gasteiger charge is 2.24. The summed E-state index contributed by atoms with van der Waals surface area (Å²) >= 11 is 0. The van der Waals surface area contributed by atoms with Crippen LogP contribution in [0.4, 0.5) is 17.5 Å². The van der Waals surface area contributed by atoms with E-state index < -0.39 is 0 Å². The molecule has 5 nitrogen and oxygen atoms in total. The van der Waals surface area contributed by atoms with Crippen LogP contribution in [0.15, 0.2) is 30.5 Å². The lowest BCUT2D eigenvalue weighted by atomic mass is 9.91. The van der Waals surface area contributed by atoms with Gasteiger partial charge in [-0.3, -0.25) is 5.43 Å². The molecule has 1 aromatic heterocycles. The molecule has 0 amide bonds. The van der Waals surface area contributed by atoms with Crippen molar-refractivity contribution in [2.75, 3.05) is 16.9 Å². The third-order valence-electron chi connectivity index (χ3n) is 3.87. The standard InChI is InChI=1S/C15H19N5/c1-10-7-8-20(13-6-4-3-5-12(10)13)14-11(2)9-17-15(18-14)19-16/h3-6,9-10H,7-8,16H2,1-2H3,(H,17,18,19). The molecule has 1 aliphatic rings. The van der Waals surface area contributed by atoms with Crippen molar-refractivity contribution in [2.45, 2.75) is 26.2 Å². The Kier molecular flexibility index (Phi) is 3.28. The Morgan fingerprint density at radius 1 is 1.35 bits per heavy atom. The van der Waals surface area contributed by atoms with Gasteiger partial charge in [0.25, 0.3) is 0 Å². The summed E-state index contributed by atoms with van der Waals surface area (Å²) in [7, 11) is 0. The van der Waals surface area contributed by atoms with Crippen LogP contribution in [0.25, 0.3) is 0 Å². The smallest absolute Gasteiger partial charge is 0.239 e. The first-order valence-electron chi connectivity index (χ1n) is 6.87. The number of benzene rings is 1. The Hall–Kier alpha value is -2.14. The van der Waals surface area contributed by atoms with Crippen LogP contribution in [-0.2, 0) is 0 Å².